The van der Waals surface area contributed by atoms with Crippen LogP contribution in [0.1, 0.15) is 0 Å². The van der Waals surface area contributed by atoms with Crippen LogP contribution in [0.15, 0.2) is 42.5 Å². The Bertz CT molecular complexity index is 593. The van der Waals surface area contributed by atoms with Crippen molar-refractivity contribution in [3.8, 4) is 5.75 Å². The molecule has 0 aliphatic rings. The largest absolute Gasteiger partial charge is 0.491 e. The topological polar surface area (TPSA) is 41.5 Å². The molecule has 0 saturated carbocycles. The number of halogens is 3. The lowest BCUT2D eigenvalue weighted by Gasteiger charge is -2.14. The molecule has 1 unspecified atom stereocenters. The fraction of sp³-hybridized carbons (Fsp3) is 0.200. The van der Waals surface area contributed by atoms with Gasteiger partial charge in [-0.25, -0.2) is 4.39 Å². The van der Waals surface area contributed by atoms with Crippen molar-refractivity contribution in [2.75, 3.05) is 18.5 Å². The van der Waals surface area contributed by atoms with Crippen LogP contribution in [0.25, 0.3) is 0 Å². The Morgan fingerprint density at radius 1 is 1.14 bits per heavy atom. The maximum absolute atomic E-state index is 13.6. The van der Waals surface area contributed by atoms with Crippen LogP contribution in [0.3, 0.4) is 0 Å². The third-order valence-corrected chi connectivity index (χ3v) is 3.28. The zero-order chi connectivity index (χ0) is 15.2. The van der Waals surface area contributed by atoms with Crippen LogP contribution in [0.4, 0.5) is 10.1 Å². The Morgan fingerprint density at radius 2 is 1.86 bits per heavy atom. The quantitative estimate of drug-likeness (QED) is 0.842. The molecular weight excluding hydrogens is 316 g/mol. The van der Waals surface area contributed by atoms with Gasteiger partial charge in [0.05, 0.1) is 10.7 Å². The molecule has 6 heteroatoms. The molecule has 2 rings (SSSR count). The summed E-state index contributed by atoms with van der Waals surface area (Å²) in [5, 5.41) is 13.3. The molecule has 0 radical (unpaired) electrons. The summed E-state index contributed by atoms with van der Waals surface area (Å²) in [6, 6.07) is 11.4. The molecule has 2 aromatic rings. The first kappa shape index (κ1) is 15.9. The Morgan fingerprint density at radius 3 is 2.57 bits per heavy atom. The molecule has 0 amide bonds. The van der Waals surface area contributed by atoms with Crippen LogP contribution in [0.2, 0.25) is 10.0 Å². The Labute approximate surface area is 132 Å². The molecule has 3 nitrogen and oxygen atoms in total. The molecular formula is C15H14Cl2FNO2. The molecule has 0 saturated heterocycles. The van der Waals surface area contributed by atoms with E-state index in [0.29, 0.717) is 10.8 Å². The van der Waals surface area contributed by atoms with Gasteiger partial charge in [-0.05, 0) is 36.4 Å². The van der Waals surface area contributed by atoms with Crippen molar-refractivity contribution in [3.63, 3.8) is 0 Å². The van der Waals surface area contributed by atoms with Crippen molar-refractivity contribution in [2.45, 2.75) is 6.10 Å². The fourth-order valence-electron chi connectivity index (χ4n) is 1.65. The van der Waals surface area contributed by atoms with E-state index in [9.17, 15) is 9.50 Å². The number of aliphatic hydroxyl groups excluding tert-OH is 1. The second-order valence-corrected chi connectivity index (χ2v) is 5.24. The number of aliphatic hydroxyl groups is 1. The van der Waals surface area contributed by atoms with E-state index in [2.05, 4.69) is 5.32 Å². The number of hydrogen-bond donors (Lipinski definition) is 2. The summed E-state index contributed by atoms with van der Waals surface area (Å²) in [6.07, 6.45) is -0.793. The highest BCUT2D eigenvalue weighted by Gasteiger charge is 2.09. The van der Waals surface area contributed by atoms with E-state index in [0.717, 1.165) is 0 Å². The third-order valence-electron chi connectivity index (χ3n) is 2.74. The van der Waals surface area contributed by atoms with Gasteiger partial charge >= 0.3 is 0 Å². The number of benzene rings is 2. The van der Waals surface area contributed by atoms with E-state index in [4.69, 9.17) is 27.9 Å². The lowest BCUT2D eigenvalue weighted by molar-refractivity contribution is 0.117. The van der Waals surface area contributed by atoms with Crippen LogP contribution in [0.5, 0.6) is 5.75 Å². The average Bonchev–Trinajstić information content (AvgIpc) is 2.48. The highest BCUT2D eigenvalue weighted by Crippen LogP contribution is 2.22. The molecule has 0 aromatic heterocycles. The van der Waals surface area contributed by atoms with Gasteiger partial charge < -0.3 is 15.2 Å². The van der Waals surface area contributed by atoms with Crippen molar-refractivity contribution in [2.24, 2.45) is 0 Å². The Balaban J connectivity index is 1.80. The van der Waals surface area contributed by atoms with Gasteiger partial charge in [-0.3, -0.25) is 0 Å². The number of rotatable bonds is 6. The summed E-state index contributed by atoms with van der Waals surface area (Å²) >= 11 is 11.4. The number of anilines is 1. The summed E-state index contributed by atoms with van der Waals surface area (Å²) in [6.45, 7) is 0.224. The number of hydrogen-bond acceptors (Lipinski definition) is 3. The normalized spacial score (nSPS) is 12.0. The monoisotopic (exact) mass is 329 g/mol. The lowest BCUT2D eigenvalue weighted by atomic mass is 10.3. The molecule has 112 valence electrons. The van der Waals surface area contributed by atoms with Crippen molar-refractivity contribution in [3.05, 3.63) is 58.3 Å². The molecule has 0 spiro atoms. The minimum atomic E-state index is -0.793. The van der Waals surface area contributed by atoms with Crippen molar-refractivity contribution < 1.29 is 14.2 Å². The van der Waals surface area contributed by atoms with Crippen molar-refractivity contribution >= 4 is 28.9 Å². The summed E-state index contributed by atoms with van der Waals surface area (Å²) in [7, 11) is 0. The second kappa shape index (κ2) is 7.50. The van der Waals surface area contributed by atoms with Gasteiger partial charge in [0.1, 0.15) is 18.5 Å². The van der Waals surface area contributed by atoms with E-state index < -0.39 is 11.9 Å². The predicted molar refractivity (Wildman–Crippen MR) is 82.9 cm³/mol. The average molecular weight is 330 g/mol. The molecule has 1 atom stereocenters. The van der Waals surface area contributed by atoms with Gasteiger partial charge in [-0.1, -0.05) is 29.3 Å². The number of nitrogens with one attached hydrogen (secondary N) is 1. The van der Waals surface area contributed by atoms with Gasteiger partial charge in [0.15, 0.2) is 5.82 Å². The molecule has 2 N–H and O–H groups in total. The van der Waals surface area contributed by atoms with Crippen LogP contribution in [0, 0.1) is 5.82 Å². The van der Waals surface area contributed by atoms with Gasteiger partial charge in [-0.2, -0.15) is 0 Å². The first-order valence-corrected chi connectivity index (χ1v) is 7.06. The minimum absolute atomic E-state index is 0.0342. The van der Waals surface area contributed by atoms with Crippen molar-refractivity contribution in [1.82, 2.24) is 0 Å². The van der Waals surface area contributed by atoms with E-state index in [1.54, 1.807) is 36.4 Å². The van der Waals surface area contributed by atoms with E-state index in [1.165, 1.54) is 6.07 Å². The van der Waals surface area contributed by atoms with Gasteiger partial charge in [0.25, 0.3) is 0 Å². The van der Waals surface area contributed by atoms with Gasteiger partial charge in [-0.15, -0.1) is 0 Å². The van der Waals surface area contributed by atoms with Gasteiger partial charge in [0.2, 0.25) is 0 Å². The SMILES string of the molecule is OC(CNc1cccc(Cl)c1F)COc1ccc(Cl)cc1. The van der Waals surface area contributed by atoms with Gasteiger partial charge in [0, 0.05) is 11.6 Å². The molecule has 2 aromatic carbocycles. The van der Waals surface area contributed by atoms with Crippen LogP contribution >= 0.6 is 23.2 Å². The molecule has 0 aliphatic heterocycles. The summed E-state index contributed by atoms with van der Waals surface area (Å²) in [5.41, 5.74) is 0.244. The second-order valence-electron chi connectivity index (χ2n) is 4.40. The number of ether oxygens (including phenoxy) is 1. The minimum Gasteiger partial charge on any atom is -0.491 e. The standard InChI is InChI=1S/C15H14Cl2FNO2/c16-10-4-6-12(7-5-10)21-9-11(20)8-19-14-3-1-2-13(17)15(14)18/h1-7,11,19-20H,8-9H2. The smallest absolute Gasteiger partial charge is 0.164 e. The Kier molecular flexibility index (Phi) is 5.67. The zero-order valence-electron chi connectivity index (χ0n) is 11.0. The highest BCUT2D eigenvalue weighted by molar-refractivity contribution is 6.31. The van der Waals surface area contributed by atoms with Crippen LogP contribution < -0.4 is 10.1 Å². The lowest BCUT2D eigenvalue weighted by Crippen LogP contribution is -2.26. The van der Waals surface area contributed by atoms with E-state index >= 15 is 0 Å². The highest BCUT2D eigenvalue weighted by atomic mass is 35.5. The predicted octanol–water partition coefficient (Wildman–Crippen LogP) is 3.98. The van der Waals surface area contributed by atoms with E-state index in [-0.39, 0.29) is 23.9 Å². The first-order chi connectivity index (χ1) is 10.1. The summed E-state index contributed by atoms with van der Waals surface area (Å²) < 4.78 is 19.0. The summed E-state index contributed by atoms with van der Waals surface area (Å²) in [5.74, 6) is 0.0670. The van der Waals surface area contributed by atoms with Crippen LogP contribution in [-0.4, -0.2) is 24.4 Å². The van der Waals surface area contributed by atoms with Crippen LogP contribution in [-0.2, 0) is 0 Å². The molecule has 0 aliphatic carbocycles. The fourth-order valence-corrected chi connectivity index (χ4v) is 1.95. The maximum atomic E-state index is 13.6. The zero-order valence-corrected chi connectivity index (χ0v) is 12.5. The molecule has 0 fully saturated rings. The van der Waals surface area contributed by atoms with Crippen molar-refractivity contribution in [1.29, 1.82) is 0 Å². The Hall–Kier alpha value is -1.49. The molecule has 0 bridgehead atoms. The summed E-state index contributed by atoms with van der Waals surface area (Å²) in [4.78, 5) is 0. The molecule has 0 heterocycles. The first-order valence-electron chi connectivity index (χ1n) is 6.30. The molecule has 21 heavy (non-hydrogen) atoms. The van der Waals surface area contributed by atoms with E-state index in [1.807, 2.05) is 0 Å². The maximum Gasteiger partial charge on any atom is 0.164 e. The third kappa shape index (κ3) is 4.77.